The zero-order chi connectivity index (χ0) is 20.6. The van der Waals surface area contributed by atoms with Crippen molar-refractivity contribution in [2.24, 2.45) is 10.4 Å². The summed E-state index contributed by atoms with van der Waals surface area (Å²) in [7, 11) is 0. The van der Waals surface area contributed by atoms with Gasteiger partial charge in [-0.1, -0.05) is 26.8 Å². The van der Waals surface area contributed by atoms with Crippen molar-refractivity contribution >= 4 is 17.8 Å². The van der Waals surface area contributed by atoms with Crippen molar-refractivity contribution in [1.82, 2.24) is 4.90 Å². The number of likely N-dealkylation sites (tertiary alicyclic amines) is 1. The molecular formula is C25H28N2O2. The Labute approximate surface area is 172 Å². The largest absolute Gasteiger partial charge is 0.508 e. The van der Waals surface area contributed by atoms with Crippen LogP contribution in [-0.2, 0) is 18.3 Å². The zero-order valence-corrected chi connectivity index (χ0v) is 17.6. The summed E-state index contributed by atoms with van der Waals surface area (Å²) in [5, 5.41) is 10.3. The number of aromatic hydroxyl groups is 1. The van der Waals surface area contributed by atoms with Crippen molar-refractivity contribution in [3.05, 3.63) is 58.1 Å². The fourth-order valence-corrected chi connectivity index (χ4v) is 5.73. The van der Waals surface area contributed by atoms with Gasteiger partial charge in [-0.3, -0.25) is 9.79 Å². The van der Waals surface area contributed by atoms with E-state index in [1.54, 1.807) is 0 Å². The van der Waals surface area contributed by atoms with Crippen LogP contribution in [0.2, 0.25) is 0 Å². The number of benzene rings is 2. The second-order valence-corrected chi connectivity index (χ2v) is 9.68. The van der Waals surface area contributed by atoms with Gasteiger partial charge in [0, 0.05) is 36.2 Å². The number of phenolic OH excluding ortho intramolecular Hbond substituents is 1. The van der Waals surface area contributed by atoms with E-state index >= 15 is 0 Å². The summed E-state index contributed by atoms with van der Waals surface area (Å²) < 4.78 is 0. The quantitative estimate of drug-likeness (QED) is 0.769. The van der Waals surface area contributed by atoms with Crippen LogP contribution in [0.3, 0.4) is 0 Å². The lowest BCUT2D eigenvalue weighted by atomic mass is 9.51. The molecule has 2 atom stereocenters. The molecule has 1 amide bonds. The number of carbonyl (C=O) groups excluding carboxylic acids is 1. The Morgan fingerprint density at radius 3 is 2.76 bits per heavy atom. The third-order valence-electron chi connectivity index (χ3n) is 8.04. The summed E-state index contributed by atoms with van der Waals surface area (Å²) >= 11 is 0. The van der Waals surface area contributed by atoms with Crippen molar-refractivity contribution < 1.29 is 9.90 Å². The van der Waals surface area contributed by atoms with Gasteiger partial charge in [-0.15, -0.1) is 0 Å². The van der Waals surface area contributed by atoms with Gasteiger partial charge in [-0.2, -0.15) is 0 Å². The molecule has 2 aromatic carbocycles. The van der Waals surface area contributed by atoms with Crippen molar-refractivity contribution in [1.29, 1.82) is 0 Å². The van der Waals surface area contributed by atoms with Gasteiger partial charge in [0.25, 0.3) is 5.91 Å². The first-order chi connectivity index (χ1) is 13.7. The standard InChI is InChI=1S/C25H28N2O2/c1-15-11-18-13-22-24(2,3)25(4,19(18)14-21(15)28)8-10-27(22)23(29)17-5-6-20-16(12-17)7-9-26-20/h5-6,9,11-12,14,22,28H,7-8,10,13H2,1-4H3/t22-,25+/m1/s1. The molecule has 2 bridgehead atoms. The number of aliphatic imine (C=N–C) groups is 1. The van der Waals surface area contributed by atoms with Gasteiger partial charge in [0.15, 0.2) is 0 Å². The Bertz CT molecular complexity index is 1070. The van der Waals surface area contributed by atoms with E-state index in [2.05, 4.69) is 36.7 Å². The monoisotopic (exact) mass is 388 g/mol. The van der Waals surface area contributed by atoms with Crippen LogP contribution in [0, 0.1) is 12.3 Å². The van der Waals surface area contributed by atoms with Gasteiger partial charge >= 0.3 is 0 Å². The molecule has 2 heterocycles. The molecule has 0 spiro atoms. The smallest absolute Gasteiger partial charge is 0.254 e. The van der Waals surface area contributed by atoms with Crippen LogP contribution >= 0.6 is 0 Å². The molecule has 4 heteroatoms. The molecule has 0 radical (unpaired) electrons. The van der Waals surface area contributed by atoms with Gasteiger partial charge < -0.3 is 10.0 Å². The first-order valence-corrected chi connectivity index (χ1v) is 10.5. The number of aryl methyl sites for hydroxylation is 1. The maximum absolute atomic E-state index is 13.6. The molecule has 1 saturated heterocycles. The first kappa shape index (κ1) is 18.4. The average molecular weight is 389 g/mol. The SMILES string of the molecule is Cc1cc2c(cc1O)[C@]1(C)CCN(C(=O)c3ccc4c(c3)CC=N4)[C@H](C2)C1(C)C. The number of amides is 1. The summed E-state index contributed by atoms with van der Waals surface area (Å²) in [6, 6.07) is 10.1. The minimum absolute atomic E-state index is 0.0705. The predicted octanol–water partition coefficient (Wildman–Crippen LogP) is 4.71. The molecule has 4 nitrogen and oxygen atoms in total. The van der Waals surface area contributed by atoms with Gasteiger partial charge in [0.05, 0.1) is 5.69 Å². The molecule has 1 fully saturated rings. The molecule has 2 aliphatic heterocycles. The lowest BCUT2D eigenvalue weighted by molar-refractivity contribution is -0.0263. The fraction of sp³-hybridized carbons (Fsp3) is 0.440. The Morgan fingerprint density at radius 2 is 1.97 bits per heavy atom. The minimum Gasteiger partial charge on any atom is -0.508 e. The molecule has 1 aliphatic carbocycles. The third-order valence-corrected chi connectivity index (χ3v) is 8.04. The van der Waals surface area contributed by atoms with Gasteiger partial charge in [0.2, 0.25) is 0 Å². The number of fused-ring (bicyclic) bond motifs is 5. The summed E-state index contributed by atoms with van der Waals surface area (Å²) in [6.07, 6.45) is 4.44. The normalized spacial score (nSPS) is 26.2. The van der Waals surface area contributed by atoms with Crippen LogP contribution in [-0.4, -0.2) is 34.7 Å². The lowest BCUT2D eigenvalue weighted by Gasteiger charge is -2.60. The molecule has 5 rings (SSSR count). The van der Waals surface area contributed by atoms with Crippen LogP contribution in [0.1, 0.15) is 59.8 Å². The highest BCUT2D eigenvalue weighted by atomic mass is 16.3. The highest BCUT2D eigenvalue weighted by Crippen LogP contribution is 2.56. The average Bonchev–Trinajstić information content (AvgIpc) is 3.14. The molecule has 3 aliphatic rings. The number of carbonyl (C=O) groups is 1. The Kier molecular flexibility index (Phi) is 3.77. The maximum atomic E-state index is 13.6. The Hall–Kier alpha value is -2.62. The second kappa shape index (κ2) is 5.94. The van der Waals surface area contributed by atoms with E-state index in [9.17, 15) is 9.90 Å². The molecule has 1 N–H and O–H groups in total. The van der Waals surface area contributed by atoms with Crippen LogP contribution in [0.4, 0.5) is 5.69 Å². The van der Waals surface area contributed by atoms with E-state index in [1.165, 1.54) is 11.1 Å². The van der Waals surface area contributed by atoms with Gasteiger partial charge in [-0.05, 0) is 71.7 Å². The number of hydrogen-bond acceptors (Lipinski definition) is 3. The van der Waals surface area contributed by atoms with Crippen molar-refractivity contribution in [3.63, 3.8) is 0 Å². The highest BCUT2D eigenvalue weighted by Gasteiger charge is 2.57. The van der Waals surface area contributed by atoms with Gasteiger partial charge in [0.1, 0.15) is 5.75 Å². The highest BCUT2D eigenvalue weighted by molar-refractivity contribution is 5.96. The maximum Gasteiger partial charge on any atom is 0.254 e. The van der Waals surface area contributed by atoms with E-state index in [1.807, 2.05) is 37.4 Å². The van der Waals surface area contributed by atoms with Crippen LogP contribution in [0.25, 0.3) is 0 Å². The molecule has 0 aromatic heterocycles. The Balaban J connectivity index is 1.55. The predicted molar refractivity (Wildman–Crippen MR) is 115 cm³/mol. The second-order valence-electron chi connectivity index (χ2n) is 9.68. The van der Waals surface area contributed by atoms with Crippen molar-refractivity contribution in [3.8, 4) is 5.75 Å². The van der Waals surface area contributed by atoms with E-state index in [0.29, 0.717) is 5.75 Å². The van der Waals surface area contributed by atoms with Crippen molar-refractivity contribution in [2.45, 2.75) is 58.4 Å². The number of phenols is 1. The van der Waals surface area contributed by atoms with Crippen LogP contribution < -0.4 is 0 Å². The van der Waals surface area contributed by atoms with Crippen molar-refractivity contribution in [2.75, 3.05) is 6.54 Å². The number of nitrogens with zero attached hydrogens (tertiary/aromatic N) is 2. The summed E-state index contributed by atoms with van der Waals surface area (Å²) in [4.78, 5) is 20.0. The molecule has 2 aromatic rings. The summed E-state index contributed by atoms with van der Waals surface area (Å²) in [6.45, 7) is 9.57. The van der Waals surface area contributed by atoms with E-state index in [4.69, 9.17) is 0 Å². The summed E-state index contributed by atoms with van der Waals surface area (Å²) in [5.74, 6) is 0.497. The van der Waals surface area contributed by atoms with Crippen LogP contribution in [0.15, 0.2) is 35.3 Å². The molecule has 0 saturated carbocycles. The van der Waals surface area contributed by atoms with E-state index in [0.717, 1.165) is 48.2 Å². The minimum atomic E-state index is -0.0879. The van der Waals surface area contributed by atoms with Gasteiger partial charge in [-0.25, -0.2) is 0 Å². The fourth-order valence-electron chi connectivity index (χ4n) is 5.73. The molecule has 0 unspecified atom stereocenters. The topological polar surface area (TPSA) is 52.9 Å². The summed E-state index contributed by atoms with van der Waals surface area (Å²) in [5.41, 5.74) is 6.15. The van der Waals surface area contributed by atoms with E-state index < -0.39 is 0 Å². The zero-order valence-electron chi connectivity index (χ0n) is 17.6. The Morgan fingerprint density at radius 1 is 1.17 bits per heavy atom. The molecular weight excluding hydrogens is 360 g/mol. The number of hydrogen-bond donors (Lipinski definition) is 1. The number of piperidine rings is 1. The molecule has 150 valence electrons. The van der Waals surface area contributed by atoms with Crippen LogP contribution in [0.5, 0.6) is 5.75 Å². The lowest BCUT2D eigenvalue weighted by Crippen LogP contribution is -2.64. The first-order valence-electron chi connectivity index (χ1n) is 10.5. The number of rotatable bonds is 1. The van der Waals surface area contributed by atoms with E-state index in [-0.39, 0.29) is 22.8 Å². The third kappa shape index (κ3) is 2.44. The molecule has 29 heavy (non-hydrogen) atoms.